The first-order valence-corrected chi connectivity index (χ1v) is 7.83. The summed E-state index contributed by atoms with van der Waals surface area (Å²) >= 11 is 0. The zero-order valence-electron chi connectivity index (χ0n) is 13.0. The molecule has 0 unspecified atom stereocenters. The van der Waals surface area contributed by atoms with Gasteiger partial charge in [0.2, 0.25) is 5.91 Å². The van der Waals surface area contributed by atoms with E-state index in [-0.39, 0.29) is 11.6 Å². The van der Waals surface area contributed by atoms with E-state index < -0.39 is 17.9 Å². The van der Waals surface area contributed by atoms with E-state index in [9.17, 15) is 14.0 Å². The third kappa shape index (κ3) is 3.53. The first kappa shape index (κ1) is 16.0. The van der Waals surface area contributed by atoms with Crippen LogP contribution in [-0.2, 0) is 4.79 Å². The molecule has 1 aliphatic rings. The van der Waals surface area contributed by atoms with Gasteiger partial charge in [0.05, 0.1) is 5.69 Å². The number of nitrogens with zero attached hydrogens (tertiary/aromatic N) is 1. The normalized spacial score (nSPS) is 16.7. The monoisotopic (exact) mass is 327 g/mol. The Morgan fingerprint density at radius 1 is 1.00 bits per heavy atom. The van der Waals surface area contributed by atoms with Gasteiger partial charge < -0.3 is 15.5 Å². The maximum atomic E-state index is 13.7. The van der Waals surface area contributed by atoms with Gasteiger partial charge in [0.25, 0.3) is 0 Å². The Labute approximate surface area is 139 Å². The van der Waals surface area contributed by atoms with Crippen molar-refractivity contribution in [1.82, 2.24) is 4.90 Å². The summed E-state index contributed by atoms with van der Waals surface area (Å²) in [5, 5.41) is 5.34. The number of hydrogen-bond donors (Lipinski definition) is 2. The molecule has 6 heteroatoms. The SMILES string of the molecule is O=C(Nc1ccccc1)[C@@H]1CCCN1C(=O)Nc1ccccc1F. The van der Waals surface area contributed by atoms with Crippen LogP contribution in [0.1, 0.15) is 12.8 Å². The van der Waals surface area contributed by atoms with Gasteiger partial charge in [0.15, 0.2) is 0 Å². The lowest BCUT2D eigenvalue weighted by Crippen LogP contribution is -2.45. The quantitative estimate of drug-likeness (QED) is 0.907. The topological polar surface area (TPSA) is 61.4 Å². The summed E-state index contributed by atoms with van der Waals surface area (Å²) in [4.78, 5) is 26.3. The van der Waals surface area contributed by atoms with Crippen molar-refractivity contribution in [3.63, 3.8) is 0 Å². The fraction of sp³-hybridized carbons (Fsp3) is 0.222. The molecule has 5 nitrogen and oxygen atoms in total. The number of likely N-dealkylation sites (tertiary alicyclic amines) is 1. The number of nitrogens with one attached hydrogen (secondary N) is 2. The highest BCUT2D eigenvalue weighted by Crippen LogP contribution is 2.21. The van der Waals surface area contributed by atoms with E-state index in [1.165, 1.54) is 17.0 Å². The first-order chi connectivity index (χ1) is 11.6. The Morgan fingerprint density at radius 3 is 2.46 bits per heavy atom. The number of benzene rings is 2. The second kappa shape index (κ2) is 7.12. The van der Waals surface area contributed by atoms with Gasteiger partial charge in [0.1, 0.15) is 11.9 Å². The van der Waals surface area contributed by atoms with Crippen LogP contribution in [0.15, 0.2) is 54.6 Å². The molecule has 24 heavy (non-hydrogen) atoms. The van der Waals surface area contributed by atoms with Gasteiger partial charge >= 0.3 is 6.03 Å². The van der Waals surface area contributed by atoms with E-state index in [1.54, 1.807) is 24.3 Å². The predicted molar refractivity (Wildman–Crippen MR) is 90.2 cm³/mol. The maximum absolute atomic E-state index is 13.7. The lowest BCUT2D eigenvalue weighted by Gasteiger charge is -2.24. The largest absolute Gasteiger partial charge is 0.324 e. The van der Waals surface area contributed by atoms with Crippen molar-refractivity contribution in [2.45, 2.75) is 18.9 Å². The van der Waals surface area contributed by atoms with Crippen LogP contribution < -0.4 is 10.6 Å². The van der Waals surface area contributed by atoms with Crippen LogP contribution in [0.25, 0.3) is 0 Å². The zero-order chi connectivity index (χ0) is 16.9. The Hall–Kier alpha value is -2.89. The van der Waals surface area contributed by atoms with E-state index in [4.69, 9.17) is 0 Å². The van der Waals surface area contributed by atoms with E-state index >= 15 is 0 Å². The number of anilines is 2. The number of rotatable bonds is 3. The van der Waals surface area contributed by atoms with Gasteiger partial charge in [-0.3, -0.25) is 4.79 Å². The highest BCUT2D eigenvalue weighted by Gasteiger charge is 2.34. The second-order valence-corrected chi connectivity index (χ2v) is 5.62. The molecule has 0 aromatic heterocycles. The number of halogens is 1. The van der Waals surface area contributed by atoms with Gasteiger partial charge in [-0.25, -0.2) is 9.18 Å². The number of carbonyl (C=O) groups is 2. The molecule has 1 heterocycles. The van der Waals surface area contributed by atoms with E-state index in [0.29, 0.717) is 18.7 Å². The fourth-order valence-electron chi connectivity index (χ4n) is 2.78. The smallest absolute Gasteiger partial charge is 0.322 e. The minimum Gasteiger partial charge on any atom is -0.324 e. The fourth-order valence-corrected chi connectivity index (χ4v) is 2.78. The predicted octanol–water partition coefficient (Wildman–Crippen LogP) is 3.46. The Morgan fingerprint density at radius 2 is 1.71 bits per heavy atom. The third-order valence-corrected chi connectivity index (χ3v) is 3.97. The molecule has 0 saturated carbocycles. The molecule has 0 aliphatic carbocycles. The van der Waals surface area contributed by atoms with Gasteiger partial charge in [-0.15, -0.1) is 0 Å². The van der Waals surface area contributed by atoms with Crippen molar-refractivity contribution in [2.75, 3.05) is 17.2 Å². The Bertz CT molecular complexity index is 736. The highest BCUT2D eigenvalue weighted by atomic mass is 19.1. The van der Waals surface area contributed by atoms with E-state index in [1.807, 2.05) is 18.2 Å². The van der Waals surface area contributed by atoms with Gasteiger partial charge in [-0.1, -0.05) is 30.3 Å². The molecule has 124 valence electrons. The number of para-hydroxylation sites is 2. The number of amides is 3. The number of urea groups is 1. The van der Waals surface area contributed by atoms with Crippen LogP contribution in [0.5, 0.6) is 0 Å². The van der Waals surface area contributed by atoms with E-state index in [2.05, 4.69) is 10.6 Å². The van der Waals surface area contributed by atoms with Crippen LogP contribution in [0.4, 0.5) is 20.6 Å². The molecule has 2 aromatic carbocycles. The standard InChI is InChI=1S/C18H18FN3O2/c19-14-9-4-5-10-15(14)21-18(24)22-12-6-11-16(22)17(23)20-13-7-2-1-3-8-13/h1-5,7-10,16H,6,11-12H2,(H,20,23)(H,21,24)/t16-/m0/s1. The zero-order valence-corrected chi connectivity index (χ0v) is 13.0. The molecule has 0 spiro atoms. The van der Waals surface area contributed by atoms with Crippen LogP contribution in [-0.4, -0.2) is 29.4 Å². The summed E-state index contributed by atoms with van der Waals surface area (Å²) in [5.41, 5.74) is 0.792. The molecule has 2 N–H and O–H groups in total. The lowest BCUT2D eigenvalue weighted by molar-refractivity contribution is -0.119. The summed E-state index contributed by atoms with van der Waals surface area (Å²) in [5.74, 6) is -0.738. The second-order valence-electron chi connectivity index (χ2n) is 5.62. The van der Waals surface area contributed by atoms with Crippen molar-refractivity contribution in [2.24, 2.45) is 0 Å². The van der Waals surface area contributed by atoms with Crippen LogP contribution >= 0.6 is 0 Å². The van der Waals surface area contributed by atoms with Crippen molar-refractivity contribution < 1.29 is 14.0 Å². The summed E-state index contributed by atoms with van der Waals surface area (Å²) in [6, 6.07) is 14.0. The molecule has 3 amide bonds. The van der Waals surface area contributed by atoms with Crippen LogP contribution in [0, 0.1) is 5.82 Å². The number of hydrogen-bond acceptors (Lipinski definition) is 2. The Kier molecular flexibility index (Phi) is 4.74. The molecule has 3 rings (SSSR count). The van der Waals surface area contributed by atoms with E-state index in [0.717, 1.165) is 6.42 Å². The molecular weight excluding hydrogens is 309 g/mol. The van der Waals surface area contributed by atoms with Crippen molar-refractivity contribution in [3.8, 4) is 0 Å². The van der Waals surface area contributed by atoms with Crippen molar-refractivity contribution in [3.05, 3.63) is 60.4 Å². The minimum atomic E-state index is -0.558. The molecular formula is C18H18FN3O2. The Balaban J connectivity index is 1.67. The van der Waals surface area contributed by atoms with Crippen molar-refractivity contribution in [1.29, 1.82) is 0 Å². The molecule has 1 fully saturated rings. The molecule has 1 atom stereocenters. The average molecular weight is 327 g/mol. The molecule has 1 aliphatic heterocycles. The van der Waals surface area contributed by atoms with Gasteiger partial charge in [-0.2, -0.15) is 0 Å². The summed E-state index contributed by atoms with van der Waals surface area (Å²) in [6.07, 6.45) is 1.32. The average Bonchev–Trinajstić information content (AvgIpc) is 3.08. The van der Waals surface area contributed by atoms with Gasteiger partial charge in [0, 0.05) is 12.2 Å². The van der Waals surface area contributed by atoms with Crippen LogP contribution in [0.2, 0.25) is 0 Å². The number of carbonyl (C=O) groups excluding carboxylic acids is 2. The molecule has 0 radical (unpaired) electrons. The maximum Gasteiger partial charge on any atom is 0.322 e. The summed E-state index contributed by atoms with van der Waals surface area (Å²) in [7, 11) is 0. The summed E-state index contributed by atoms with van der Waals surface area (Å²) < 4.78 is 13.7. The first-order valence-electron chi connectivity index (χ1n) is 7.83. The minimum absolute atomic E-state index is 0.108. The van der Waals surface area contributed by atoms with Crippen LogP contribution in [0.3, 0.4) is 0 Å². The molecule has 2 aromatic rings. The van der Waals surface area contributed by atoms with Crippen molar-refractivity contribution >= 4 is 23.3 Å². The van der Waals surface area contributed by atoms with Gasteiger partial charge in [-0.05, 0) is 37.1 Å². The molecule has 0 bridgehead atoms. The third-order valence-electron chi connectivity index (χ3n) is 3.97. The molecule has 1 saturated heterocycles. The highest BCUT2D eigenvalue weighted by molar-refractivity contribution is 5.99. The lowest BCUT2D eigenvalue weighted by atomic mass is 10.2. The summed E-state index contributed by atoms with van der Waals surface area (Å²) in [6.45, 7) is 0.465.